The highest BCUT2D eigenvalue weighted by Crippen LogP contribution is 2.34. The average Bonchev–Trinajstić information content (AvgIpc) is 2.64. The number of carbonyl (C=O) groups excluding carboxylic acids is 1. The summed E-state index contributed by atoms with van der Waals surface area (Å²) in [7, 11) is 1.55. The van der Waals surface area contributed by atoms with Gasteiger partial charge in [-0.15, -0.1) is 0 Å². The second-order valence-corrected chi connectivity index (χ2v) is 6.75. The van der Waals surface area contributed by atoms with Crippen LogP contribution < -0.4 is 14.8 Å². The van der Waals surface area contributed by atoms with Crippen LogP contribution in [0.3, 0.4) is 0 Å². The van der Waals surface area contributed by atoms with Gasteiger partial charge in [-0.25, -0.2) is 0 Å². The summed E-state index contributed by atoms with van der Waals surface area (Å²) in [6, 6.07) is 11.2. The molecule has 0 aliphatic rings. The van der Waals surface area contributed by atoms with Crippen molar-refractivity contribution in [1.29, 1.82) is 5.26 Å². The Balaban J connectivity index is 2.37. The quantitative estimate of drug-likeness (QED) is 0.517. The molecule has 0 bridgehead atoms. The minimum atomic E-state index is -0.466. The van der Waals surface area contributed by atoms with E-state index in [0.29, 0.717) is 33.8 Å². The van der Waals surface area contributed by atoms with Crippen molar-refractivity contribution in [3.05, 3.63) is 57.1 Å². The molecule has 140 valence electrons. The van der Waals surface area contributed by atoms with E-state index in [0.717, 1.165) is 11.1 Å². The molecule has 2 rings (SSSR count). The van der Waals surface area contributed by atoms with E-state index in [2.05, 4.69) is 21.2 Å². The van der Waals surface area contributed by atoms with Gasteiger partial charge in [-0.2, -0.15) is 5.26 Å². The number of rotatable bonds is 6. The number of hydrogen-bond acceptors (Lipinski definition) is 4. The molecule has 1 N–H and O–H groups in total. The third kappa shape index (κ3) is 5.11. The second-order valence-electron chi connectivity index (χ2n) is 5.90. The van der Waals surface area contributed by atoms with Gasteiger partial charge in [-0.1, -0.05) is 28.1 Å². The number of benzene rings is 2. The summed E-state index contributed by atoms with van der Waals surface area (Å²) in [4.78, 5) is 12.6. The molecular weight excluding hydrogens is 408 g/mol. The number of nitrogens with one attached hydrogen (secondary N) is 1. The lowest BCUT2D eigenvalue weighted by Gasteiger charge is -2.12. The smallest absolute Gasteiger partial charge is 0.266 e. The molecule has 5 nitrogen and oxygen atoms in total. The molecule has 0 aromatic heterocycles. The zero-order chi connectivity index (χ0) is 20.0. The average molecular weight is 429 g/mol. The third-order valence-electron chi connectivity index (χ3n) is 3.89. The fourth-order valence-electron chi connectivity index (χ4n) is 2.45. The van der Waals surface area contributed by atoms with Crippen LogP contribution >= 0.6 is 15.9 Å². The molecular formula is C21H21BrN2O3. The van der Waals surface area contributed by atoms with Gasteiger partial charge in [0.05, 0.1) is 13.7 Å². The zero-order valence-corrected chi connectivity index (χ0v) is 17.3. The Hall–Kier alpha value is -2.78. The number of nitrogens with zero attached hydrogens (tertiary/aromatic N) is 1. The van der Waals surface area contributed by atoms with Crippen LogP contribution in [0.4, 0.5) is 5.69 Å². The van der Waals surface area contributed by atoms with Crippen LogP contribution in [-0.2, 0) is 4.79 Å². The molecule has 2 aromatic carbocycles. The summed E-state index contributed by atoms with van der Waals surface area (Å²) in [5, 5.41) is 12.3. The molecule has 0 atom stereocenters. The number of aryl methyl sites for hydroxylation is 2. The fraction of sp³-hybridized carbons (Fsp3) is 0.238. The summed E-state index contributed by atoms with van der Waals surface area (Å²) in [6.45, 7) is 6.19. The Morgan fingerprint density at radius 1 is 1.26 bits per heavy atom. The van der Waals surface area contributed by atoms with Crippen molar-refractivity contribution in [2.75, 3.05) is 19.0 Å². The van der Waals surface area contributed by atoms with Crippen LogP contribution in [0.25, 0.3) is 6.08 Å². The highest BCUT2D eigenvalue weighted by molar-refractivity contribution is 9.10. The molecule has 0 spiro atoms. The largest absolute Gasteiger partial charge is 0.493 e. The highest BCUT2D eigenvalue weighted by Gasteiger charge is 2.14. The minimum absolute atomic E-state index is 0.00998. The van der Waals surface area contributed by atoms with E-state index in [4.69, 9.17) is 9.47 Å². The van der Waals surface area contributed by atoms with E-state index in [9.17, 15) is 10.1 Å². The van der Waals surface area contributed by atoms with E-state index in [1.165, 1.54) is 6.08 Å². The summed E-state index contributed by atoms with van der Waals surface area (Å²) >= 11 is 3.45. The van der Waals surface area contributed by atoms with Crippen molar-refractivity contribution in [2.45, 2.75) is 20.8 Å². The molecule has 0 radical (unpaired) electrons. The standard InChI is InChI=1S/C21H21BrN2O3/c1-5-27-20-10-15(17(22)11-19(20)26-4)9-16(12-23)21(25)24-18-8-13(2)6-7-14(18)3/h6-11H,5H2,1-4H3,(H,24,25)/b16-9+. The van der Waals surface area contributed by atoms with Gasteiger partial charge >= 0.3 is 0 Å². The molecule has 6 heteroatoms. The number of anilines is 1. The maximum atomic E-state index is 12.6. The van der Waals surface area contributed by atoms with Gasteiger partial charge in [0, 0.05) is 10.2 Å². The van der Waals surface area contributed by atoms with Gasteiger partial charge in [-0.3, -0.25) is 4.79 Å². The van der Waals surface area contributed by atoms with Crippen LogP contribution in [0.1, 0.15) is 23.6 Å². The Labute approximate surface area is 167 Å². The van der Waals surface area contributed by atoms with E-state index < -0.39 is 5.91 Å². The third-order valence-corrected chi connectivity index (χ3v) is 4.58. The van der Waals surface area contributed by atoms with Gasteiger partial charge in [0.2, 0.25) is 0 Å². The molecule has 0 aliphatic carbocycles. The van der Waals surface area contributed by atoms with E-state index in [1.54, 1.807) is 19.2 Å². The minimum Gasteiger partial charge on any atom is -0.493 e. The maximum absolute atomic E-state index is 12.6. The summed E-state index contributed by atoms with van der Waals surface area (Å²) < 4.78 is 11.6. The van der Waals surface area contributed by atoms with Crippen LogP contribution in [0.2, 0.25) is 0 Å². The SMILES string of the molecule is CCOc1cc(/C=C(\C#N)C(=O)Nc2cc(C)ccc2C)c(Br)cc1OC. The molecule has 0 saturated heterocycles. The summed E-state index contributed by atoms with van der Waals surface area (Å²) in [5.74, 6) is 0.646. The first-order chi connectivity index (χ1) is 12.9. The van der Waals surface area contributed by atoms with Crippen molar-refractivity contribution >= 4 is 33.6 Å². The van der Waals surface area contributed by atoms with Gasteiger partial charge in [0.1, 0.15) is 11.6 Å². The van der Waals surface area contributed by atoms with Gasteiger partial charge < -0.3 is 14.8 Å². The van der Waals surface area contributed by atoms with Crippen LogP contribution in [0.15, 0.2) is 40.4 Å². The van der Waals surface area contributed by atoms with Crippen molar-refractivity contribution in [2.24, 2.45) is 0 Å². The number of nitriles is 1. The summed E-state index contributed by atoms with van der Waals surface area (Å²) in [6.07, 6.45) is 1.52. The Morgan fingerprint density at radius 2 is 2.00 bits per heavy atom. The first-order valence-corrected chi connectivity index (χ1v) is 9.19. The first-order valence-electron chi connectivity index (χ1n) is 8.40. The first kappa shape index (κ1) is 20.5. The molecule has 1 amide bonds. The van der Waals surface area contributed by atoms with Crippen LogP contribution in [0.5, 0.6) is 11.5 Å². The topological polar surface area (TPSA) is 71.3 Å². The Bertz CT molecular complexity index is 930. The van der Waals surface area contributed by atoms with Crippen LogP contribution in [0, 0.1) is 25.2 Å². The molecule has 0 heterocycles. The molecule has 0 unspecified atom stereocenters. The van der Waals surface area contributed by atoms with Crippen LogP contribution in [-0.4, -0.2) is 19.6 Å². The fourth-order valence-corrected chi connectivity index (χ4v) is 2.89. The molecule has 0 saturated carbocycles. The number of halogens is 1. The predicted molar refractivity (Wildman–Crippen MR) is 110 cm³/mol. The number of carbonyl (C=O) groups is 1. The number of hydrogen-bond donors (Lipinski definition) is 1. The maximum Gasteiger partial charge on any atom is 0.266 e. The van der Waals surface area contributed by atoms with Crippen molar-refractivity contribution in [1.82, 2.24) is 0 Å². The molecule has 2 aromatic rings. The number of methoxy groups -OCH3 is 1. The van der Waals surface area contributed by atoms with E-state index in [-0.39, 0.29) is 5.57 Å². The van der Waals surface area contributed by atoms with Gasteiger partial charge in [-0.05, 0) is 61.7 Å². The molecule has 0 fully saturated rings. The predicted octanol–water partition coefficient (Wildman–Crippen LogP) is 5.02. The van der Waals surface area contributed by atoms with Crippen molar-refractivity contribution in [3.8, 4) is 17.6 Å². The number of ether oxygens (including phenoxy) is 2. The number of amides is 1. The lowest BCUT2D eigenvalue weighted by molar-refractivity contribution is -0.112. The Kier molecular flexibility index (Phi) is 7.03. The van der Waals surface area contributed by atoms with Crippen molar-refractivity contribution < 1.29 is 14.3 Å². The second kappa shape index (κ2) is 9.24. The normalized spacial score (nSPS) is 10.9. The van der Waals surface area contributed by atoms with Crippen molar-refractivity contribution in [3.63, 3.8) is 0 Å². The lowest BCUT2D eigenvalue weighted by atomic mass is 10.1. The lowest BCUT2D eigenvalue weighted by Crippen LogP contribution is -2.14. The van der Waals surface area contributed by atoms with E-state index >= 15 is 0 Å². The summed E-state index contributed by atoms with van der Waals surface area (Å²) in [5.41, 5.74) is 3.27. The van der Waals surface area contributed by atoms with E-state index in [1.807, 2.05) is 45.0 Å². The van der Waals surface area contributed by atoms with Gasteiger partial charge in [0.15, 0.2) is 11.5 Å². The molecule has 0 aliphatic heterocycles. The highest BCUT2D eigenvalue weighted by atomic mass is 79.9. The van der Waals surface area contributed by atoms with Gasteiger partial charge in [0.25, 0.3) is 5.91 Å². The molecule has 27 heavy (non-hydrogen) atoms. The Morgan fingerprint density at radius 3 is 2.63 bits per heavy atom. The monoisotopic (exact) mass is 428 g/mol. The zero-order valence-electron chi connectivity index (χ0n) is 15.7.